The zero-order valence-corrected chi connectivity index (χ0v) is 11.1. The molecule has 0 spiro atoms. The zero-order chi connectivity index (χ0) is 13.1. The van der Waals surface area contributed by atoms with Crippen LogP contribution < -0.4 is 4.74 Å². The Morgan fingerprint density at radius 3 is 2.63 bits per heavy atom. The van der Waals surface area contributed by atoms with Gasteiger partial charge >= 0.3 is 6.09 Å². The van der Waals surface area contributed by atoms with Crippen LogP contribution in [0.25, 0.3) is 0 Å². The molecule has 1 saturated heterocycles. The van der Waals surface area contributed by atoms with Crippen LogP contribution in [0.3, 0.4) is 0 Å². The largest absolute Gasteiger partial charge is 0.457 e. The highest BCUT2D eigenvalue weighted by atomic mass is 16.7. The van der Waals surface area contributed by atoms with Gasteiger partial charge in [0.25, 0.3) is 0 Å². The molecule has 1 aromatic rings. The van der Waals surface area contributed by atoms with E-state index in [2.05, 4.69) is 12.1 Å². The van der Waals surface area contributed by atoms with Crippen molar-refractivity contribution < 1.29 is 14.3 Å². The van der Waals surface area contributed by atoms with E-state index in [-0.39, 0.29) is 12.9 Å². The van der Waals surface area contributed by atoms with Crippen molar-refractivity contribution in [2.75, 3.05) is 19.9 Å². The predicted octanol–water partition coefficient (Wildman–Crippen LogP) is 2.74. The number of nitrogens with zero attached hydrogens (tertiary/aromatic N) is 1. The molecule has 0 saturated carbocycles. The average Bonchev–Trinajstić information content (AvgIpc) is 2.36. The first-order valence-electron chi connectivity index (χ1n) is 6.99. The Balaban J connectivity index is 1.50. The summed E-state index contributed by atoms with van der Waals surface area (Å²) in [4.78, 5) is 13.1. The molecule has 0 bridgehead atoms. The number of ether oxygens (including phenoxy) is 2. The maximum atomic E-state index is 11.5. The van der Waals surface area contributed by atoms with Gasteiger partial charge in [-0.05, 0) is 55.4 Å². The van der Waals surface area contributed by atoms with E-state index >= 15 is 0 Å². The van der Waals surface area contributed by atoms with E-state index in [0.717, 1.165) is 31.7 Å². The highest BCUT2D eigenvalue weighted by Crippen LogP contribution is 2.25. The van der Waals surface area contributed by atoms with E-state index in [1.165, 1.54) is 30.4 Å². The summed E-state index contributed by atoms with van der Waals surface area (Å²) in [5, 5.41) is 0. The summed E-state index contributed by atoms with van der Waals surface area (Å²) in [6.45, 7) is 1.60. The van der Waals surface area contributed by atoms with Crippen molar-refractivity contribution in [3.8, 4) is 5.75 Å². The van der Waals surface area contributed by atoms with Gasteiger partial charge < -0.3 is 14.4 Å². The van der Waals surface area contributed by atoms with E-state index in [9.17, 15) is 4.79 Å². The number of aryl methyl sites for hydroxylation is 2. The fraction of sp³-hybridized carbons (Fsp3) is 0.533. The molecule has 1 fully saturated rings. The molecule has 0 atom stereocenters. The quantitative estimate of drug-likeness (QED) is 0.785. The molecule has 1 aliphatic heterocycles. The third-order valence-corrected chi connectivity index (χ3v) is 3.84. The Hall–Kier alpha value is -1.71. The maximum Gasteiger partial charge on any atom is 0.412 e. The van der Waals surface area contributed by atoms with Crippen LogP contribution in [-0.4, -0.2) is 30.9 Å². The van der Waals surface area contributed by atoms with Gasteiger partial charge in [-0.25, -0.2) is 4.79 Å². The molecule has 2 aliphatic rings. The molecule has 4 heteroatoms. The van der Waals surface area contributed by atoms with E-state index in [4.69, 9.17) is 9.47 Å². The molecule has 3 rings (SSSR count). The van der Waals surface area contributed by atoms with E-state index in [1.54, 1.807) is 4.90 Å². The lowest BCUT2D eigenvalue weighted by molar-refractivity contribution is 0.0235. The molecule has 1 amide bonds. The van der Waals surface area contributed by atoms with Crippen molar-refractivity contribution in [1.29, 1.82) is 0 Å². The Morgan fingerprint density at radius 1 is 1.11 bits per heavy atom. The maximum absolute atomic E-state index is 11.5. The second-order valence-corrected chi connectivity index (χ2v) is 5.15. The molecule has 4 nitrogen and oxygen atoms in total. The van der Waals surface area contributed by atoms with Crippen LogP contribution in [-0.2, 0) is 17.6 Å². The monoisotopic (exact) mass is 261 g/mol. The SMILES string of the molecule is O=C(OCOc1ccc2c(c1)CCCC2)N1CCC1. The Kier molecular flexibility index (Phi) is 3.58. The Labute approximate surface area is 113 Å². The third kappa shape index (κ3) is 2.83. The molecule has 1 heterocycles. The third-order valence-electron chi connectivity index (χ3n) is 3.84. The van der Waals surface area contributed by atoms with Gasteiger partial charge in [-0.2, -0.15) is 0 Å². The average molecular weight is 261 g/mol. The second kappa shape index (κ2) is 5.51. The number of amides is 1. The highest BCUT2D eigenvalue weighted by Gasteiger charge is 2.21. The van der Waals surface area contributed by atoms with Crippen LogP contribution in [0.4, 0.5) is 4.79 Å². The van der Waals surface area contributed by atoms with Crippen LogP contribution in [0.2, 0.25) is 0 Å². The highest BCUT2D eigenvalue weighted by molar-refractivity contribution is 5.68. The van der Waals surface area contributed by atoms with Crippen molar-refractivity contribution >= 4 is 6.09 Å². The van der Waals surface area contributed by atoms with Crippen LogP contribution in [0.1, 0.15) is 30.4 Å². The van der Waals surface area contributed by atoms with E-state index in [1.807, 2.05) is 6.07 Å². The smallest absolute Gasteiger partial charge is 0.412 e. The minimum Gasteiger partial charge on any atom is -0.457 e. The fourth-order valence-electron chi connectivity index (χ4n) is 2.54. The van der Waals surface area contributed by atoms with Crippen molar-refractivity contribution in [3.63, 3.8) is 0 Å². The lowest BCUT2D eigenvalue weighted by Crippen LogP contribution is -2.42. The molecular weight excluding hydrogens is 242 g/mol. The molecule has 0 unspecified atom stereocenters. The lowest BCUT2D eigenvalue weighted by atomic mass is 9.92. The minimum absolute atomic E-state index is 0.00583. The van der Waals surface area contributed by atoms with Gasteiger partial charge in [0.1, 0.15) is 5.75 Å². The summed E-state index contributed by atoms with van der Waals surface area (Å²) < 4.78 is 10.6. The fourth-order valence-corrected chi connectivity index (χ4v) is 2.54. The predicted molar refractivity (Wildman–Crippen MR) is 71.3 cm³/mol. The molecule has 0 radical (unpaired) electrons. The van der Waals surface area contributed by atoms with Crippen molar-refractivity contribution in [1.82, 2.24) is 4.90 Å². The number of fused-ring (bicyclic) bond motifs is 1. The summed E-state index contributed by atoms with van der Waals surface area (Å²) in [7, 11) is 0. The standard InChI is InChI=1S/C15H19NO3/c17-15(16-8-3-9-16)19-11-18-14-7-6-12-4-1-2-5-13(12)10-14/h6-7,10H,1-5,8-9,11H2. The van der Waals surface area contributed by atoms with Crippen LogP contribution in [0.15, 0.2) is 18.2 Å². The molecule has 19 heavy (non-hydrogen) atoms. The molecule has 1 aliphatic carbocycles. The topological polar surface area (TPSA) is 38.8 Å². The van der Waals surface area contributed by atoms with Crippen molar-refractivity contribution in [2.24, 2.45) is 0 Å². The number of hydrogen-bond acceptors (Lipinski definition) is 3. The number of rotatable bonds is 3. The molecule has 0 aromatic heterocycles. The van der Waals surface area contributed by atoms with Gasteiger partial charge in [-0.3, -0.25) is 0 Å². The van der Waals surface area contributed by atoms with Gasteiger partial charge in [-0.15, -0.1) is 0 Å². The number of hydrogen-bond donors (Lipinski definition) is 0. The van der Waals surface area contributed by atoms with Crippen LogP contribution in [0, 0.1) is 0 Å². The molecule has 102 valence electrons. The first-order valence-corrected chi connectivity index (χ1v) is 6.99. The second-order valence-electron chi connectivity index (χ2n) is 5.15. The van der Waals surface area contributed by atoms with Gasteiger partial charge in [-0.1, -0.05) is 6.07 Å². The lowest BCUT2D eigenvalue weighted by Gasteiger charge is -2.29. The summed E-state index contributed by atoms with van der Waals surface area (Å²) >= 11 is 0. The number of likely N-dealkylation sites (tertiary alicyclic amines) is 1. The minimum atomic E-state index is -0.274. The summed E-state index contributed by atoms with van der Waals surface area (Å²) in [5.41, 5.74) is 2.80. The van der Waals surface area contributed by atoms with Crippen molar-refractivity contribution in [3.05, 3.63) is 29.3 Å². The number of carbonyl (C=O) groups excluding carboxylic acids is 1. The number of carbonyl (C=O) groups is 1. The normalized spacial score (nSPS) is 17.4. The molecule has 0 N–H and O–H groups in total. The summed E-state index contributed by atoms with van der Waals surface area (Å²) in [6.07, 6.45) is 5.62. The Morgan fingerprint density at radius 2 is 1.89 bits per heavy atom. The zero-order valence-electron chi connectivity index (χ0n) is 11.1. The first kappa shape index (κ1) is 12.3. The van der Waals surface area contributed by atoms with Crippen LogP contribution >= 0.6 is 0 Å². The van der Waals surface area contributed by atoms with E-state index in [0.29, 0.717) is 0 Å². The van der Waals surface area contributed by atoms with Crippen LogP contribution in [0.5, 0.6) is 5.75 Å². The van der Waals surface area contributed by atoms with Crippen molar-refractivity contribution in [2.45, 2.75) is 32.1 Å². The first-order chi connectivity index (χ1) is 9.33. The Bertz CT molecular complexity index is 468. The summed E-state index contributed by atoms with van der Waals surface area (Å²) in [5.74, 6) is 0.789. The number of benzene rings is 1. The van der Waals surface area contributed by atoms with Gasteiger partial charge in [0.2, 0.25) is 6.79 Å². The molecule has 1 aromatic carbocycles. The van der Waals surface area contributed by atoms with Gasteiger partial charge in [0.15, 0.2) is 0 Å². The van der Waals surface area contributed by atoms with E-state index < -0.39 is 0 Å². The molecular formula is C15H19NO3. The summed E-state index contributed by atoms with van der Waals surface area (Å²) in [6, 6.07) is 6.16. The van der Waals surface area contributed by atoms with Gasteiger partial charge in [0, 0.05) is 13.1 Å². The van der Waals surface area contributed by atoms with Gasteiger partial charge in [0.05, 0.1) is 0 Å².